The van der Waals surface area contributed by atoms with Crippen LogP contribution in [0.5, 0.6) is 0 Å². The molecule has 2 aromatic heterocycles. The summed E-state index contributed by atoms with van der Waals surface area (Å²) in [6.07, 6.45) is 6.56. The number of nitrogens with zero attached hydrogens (tertiary/aromatic N) is 5. The Labute approximate surface area is 136 Å². The van der Waals surface area contributed by atoms with Gasteiger partial charge in [0.25, 0.3) is 0 Å². The number of nitrogens with one attached hydrogen (secondary N) is 1. The van der Waals surface area contributed by atoms with Crippen molar-refractivity contribution in [2.75, 3.05) is 23.3 Å². The smallest absolute Gasteiger partial charge is 0.249 e. The van der Waals surface area contributed by atoms with Crippen LogP contribution >= 0.6 is 0 Å². The minimum Gasteiger partial charge on any atom is -0.353 e. The minimum absolute atomic E-state index is 0.0484. The van der Waals surface area contributed by atoms with Crippen molar-refractivity contribution in [3.05, 3.63) is 24.2 Å². The number of carbonyl (C=O) groups excluding carboxylic acids is 1. The standard InChI is InChI=1S/C16H24N6O/c1-4-13(22-11-7-8-17-22)16(23)18-14-12(2)20(3)19-15(14)21-9-5-6-10-21/h7-8,11,13H,4-6,9-10H2,1-3H3,(H,18,23)/t13-/m0/s1. The van der Waals surface area contributed by atoms with E-state index in [2.05, 4.69) is 20.4 Å². The van der Waals surface area contributed by atoms with Crippen molar-refractivity contribution >= 4 is 17.4 Å². The van der Waals surface area contributed by atoms with Crippen LogP contribution in [0.2, 0.25) is 0 Å². The number of carbonyl (C=O) groups is 1. The van der Waals surface area contributed by atoms with Gasteiger partial charge in [-0.2, -0.15) is 10.2 Å². The number of hydrogen-bond acceptors (Lipinski definition) is 4. The van der Waals surface area contributed by atoms with Crippen molar-refractivity contribution in [3.63, 3.8) is 0 Å². The molecule has 0 saturated carbocycles. The van der Waals surface area contributed by atoms with Crippen LogP contribution in [-0.2, 0) is 11.8 Å². The van der Waals surface area contributed by atoms with Gasteiger partial charge in [0.05, 0.1) is 5.69 Å². The van der Waals surface area contributed by atoms with Gasteiger partial charge in [-0.15, -0.1) is 0 Å². The molecule has 0 aromatic carbocycles. The number of aryl methyl sites for hydroxylation is 1. The van der Waals surface area contributed by atoms with E-state index < -0.39 is 0 Å². The molecule has 1 saturated heterocycles. The van der Waals surface area contributed by atoms with Crippen LogP contribution < -0.4 is 10.2 Å². The molecule has 1 atom stereocenters. The van der Waals surface area contributed by atoms with Crippen LogP contribution in [0.3, 0.4) is 0 Å². The largest absolute Gasteiger partial charge is 0.353 e. The summed E-state index contributed by atoms with van der Waals surface area (Å²) in [6.45, 7) is 5.96. The fraction of sp³-hybridized carbons (Fsp3) is 0.562. The van der Waals surface area contributed by atoms with Crippen molar-refractivity contribution in [2.45, 2.75) is 39.2 Å². The number of aromatic nitrogens is 4. The van der Waals surface area contributed by atoms with Crippen LogP contribution in [0.15, 0.2) is 18.5 Å². The Balaban J connectivity index is 1.85. The molecular formula is C16H24N6O. The van der Waals surface area contributed by atoms with Gasteiger partial charge in [0.2, 0.25) is 5.91 Å². The molecule has 0 radical (unpaired) electrons. The van der Waals surface area contributed by atoms with Gasteiger partial charge < -0.3 is 10.2 Å². The zero-order chi connectivity index (χ0) is 16.4. The zero-order valence-corrected chi connectivity index (χ0v) is 14.0. The Kier molecular flexibility index (Phi) is 4.36. The van der Waals surface area contributed by atoms with Gasteiger partial charge >= 0.3 is 0 Å². The van der Waals surface area contributed by atoms with Gasteiger partial charge in [0.15, 0.2) is 5.82 Å². The molecule has 1 aliphatic heterocycles. The second-order valence-corrected chi connectivity index (χ2v) is 6.00. The molecule has 2 aromatic rings. The molecular weight excluding hydrogens is 292 g/mol. The molecule has 1 aliphatic rings. The van der Waals surface area contributed by atoms with E-state index in [9.17, 15) is 4.79 Å². The second kappa shape index (κ2) is 6.44. The van der Waals surface area contributed by atoms with Gasteiger partial charge in [-0.05, 0) is 32.3 Å². The van der Waals surface area contributed by atoms with Gasteiger partial charge in [0, 0.05) is 32.5 Å². The van der Waals surface area contributed by atoms with Crippen molar-refractivity contribution in [3.8, 4) is 0 Å². The quantitative estimate of drug-likeness (QED) is 0.917. The Bertz CT molecular complexity index is 669. The number of hydrogen-bond donors (Lipinski definition) is 1. The highest BCUT2D eigenvalue weighted by Gasteiger charge is 2.26. The molecule has 7 heteroatoms. The highest BCUT2D eigenvalue weighted by atomic mass is 16.2. The van der Waals surface area contributed by atoms with Crippen molar-refractivity contribution < 1.29 is 4.79 Å². The third-order valence-electron chi connectivity index (χ3n) is 4.50. The molecule has 23 heavy (non-hydrogen) atoms. The third-order valence-corrected chi connectivity index (χ3v) is 4.50. The van der Waals surface area contributed by atoms with Gasteiger partial charge in [-0.25, -0.2) is 0 Å². The third kappa shape index (κ3) is 2.95. The maximum absolute atomic E-state index is 12.7. The van der Waals surface area contributed by atoms with E-state index in [4.69, 9.17) is 0 Å². The predicted octanol–water partition coefficient (Wildman–Crippen LogP) is 2.12. The summed E-state index contributed by atoms with van der Waals surface area (Å²) in [5.74, 6) is 0.832. The van der Waals surface area contributed by atoms with E-state index in [0.717, 1.165) is 30.3 Å². The summed E-state index contributed by atoms with van der Waals surface area (Å²) in [6, 6.07) is 1.53. The van der Waals surface area contributed by atoms with Crippen LogP contribution in [0.4, 0.5) is 11.5 Å². The van der Waals surface area contributed by atoms with E-state index in [1.54, 1.807) is 10.9 Å². The first-order valence-electron chi connectivity index (χ1n) is 8.20. The van der Waals surface area contributed by atoms with Crippen molar-refractivity contribution in [2.24, 2.45) is 7.05 Å². The van der Waals surface area contributed by atoms with Crippen LogP contribution in [0, 0.1) is 6.92 Å². The number of rotatable bonds is 5. The van der Waals surface area contributed by atoms with Crippen LogP contribution in [0.25, 0.3) is 0 Å². The van der Waals surface area contributed by atoms with E-state index >= 15 is 0 Å². The van der Waals surface area contributed by atoms with E-state index in [0.29, 0.717) is 6.42 Å². The molecule has 124 valence electrons. The second-order valence-electron chi connectivity index (χ2n) is 6.00. The van der Waals surface area contributed by atoms with Gasteiger partial charge in [-0.3, -0.25) is 14.2 Å². The SMILES string of the molecule is CC[C@@H](C(=O)Nc1c(N2CCCC2)nn(C)c1C)n1cccn1. The first kappa shape index (κ1) is 15.6. The van der Waals surface area contributed by atoms with Gasteiger partial charge in [-0.1, -0.05) is 6.92 Å². The average molecular weight is 316 g/mol. The molecule has 3 rings (SSSR count). The van der Waals surface area contributed by atoms with Gasteiger partial charge in [0.1, 0.15) is 11.7 Å². The summed E-state index contributed by atoms with van der Waals surface area (Å²) >= 11 is 0. The zero-order valence-electron chi connectivity index (χ0n) is 14.0. The first-order valence-corrected chi connectivity index (χ1v) is 8.20. The first-order chi connectivity index (χ1) is 11.1. The maximum atomic E-state index is 12.7. The van der Waals surface area contributed by atoms with Crippen LogP contribution in [0.1, 0.15) is 37.9 Å². The Morgan fingerprint density at radius 1 is 1.39 bits per heavy atom. The molecule has 1 amide bonds. The van der Waals surface area contributed by atoms with E-state index in [1.807, 2.05) is 37.8 Å². The van der Waals surface area contributed by atoms with E-state index in [-0.39, 0.29) is 11.9 Å². The lowest BCUT2D eigenvalue weighted by atomic mass is 10.2. The van der Waals surface area contributed by atoms with E-state index in [1.165, 1.54) is 12.8 Å². The fourth-order valence-electron chi connectivity index (χ4n) is 3.05. The molecule has 1 N–H and O–H groups in total. The Morgan fingerprint density at radius 3 is 2.74 bits per heavy atom. The Hall–Kier alpha value is -2.31. The van der Waals surface area contributed by atoms with Crippen LogP contribution in [-0.4, -0.2) is 38.6 Å². The number of amides is 1. The maximum Gasteiger partial charge on any atom is 0.249 e. The fourth-order valence-corrected chi connectivity index (χ4v) is 3.05. The average Bonchev–Trinajstić information content (AvgIpc) is 3.26. The lowest BCUT2D eigenvalue weighted by molar-refractivity contribution is -0.119. The summed E-state index contributed by atoms with van der Waals surface area (Å²) in [4.78, 5) is 15.0. The lowest BCUT2D eigenvalue weighted by Crippen LogP contribution is -2.27. The molecule has 0 unspecified atom stereocenters. The summed E-state index contributed by atoms with van der Waals surface area (Å²) < 4.78 is 3.54. The summed E-state index contributed by atoms with van der Waals surface area (Å²) in [5.41, 5.74) is 1.79. The normalized spacial score (nSPS) is 15.9. The molecule has 3 heterocycles. The molecule has 7 nitrogen and oxygen atoms in total. The topological polar surface area (TPSA) is 68.0 Å². The molecule has 0 bridgehead atoms. The Morgan fingerprint density at radius 2 is 2.13 bits per heavy atom. The highest BCUT2D eigenvalue weighted by molar-refractivity contribution is 5.97. The summed E-state index contributed by atoms with van der Waals surface area (Å²) in [5, 5.41) is 11.9. The molecule has 0 spiro atoms. The van der Waals surface area contributed by atoms with Crippen molar-refractivity contribution in [1.82, 2.24) is 19.6 Å². The molecule has 1 fully saturated rings. The summed E-state index contributed by atoms with van der Waals surface area (Å²) in [7, 11) is 1.91. The van der Waals surface area contributed by atoms with Crippen molar-refractivity contribution in [1.29, 1.82) is 0 Å². The predicted molar refractivity (Wildman–Crippen MR) is 89.6 cm³/mol. The minimum atomic E-state index is -0.309. The molecule has 0 aliphatic carbocycles. The lowest BCUT2D eigenvalue weighted by Gasteiger charge is -2.19. The monoisotopic (exact) mass is 316 g/mol. The number of anilines is 2. The highest BCUT2D eigenvalue weighted by Crippen LogP contribution is 2.31.